The summed E-state index contributed by atoms with van der Waals surface area (Å²) in [5, 5.41) is 0. The number of nitrogens with zero attached hydrogens (tertiary/aromatic N) is 2. The maximum atomic E-state index is 14.0. The molecule has 0 fully saturated rings. The van der Waals surface area contributed by atoms with Crippen LogP contribution in [0.5, 0.6) is 11.5 Å². The molecule has 0 radical (unpaired) electrons. The van der Waals surface area contributed by atoms with Gasteiger partial charge in [0.25, 0.3) is 5.56 Å². The average molecular weight is 551 g/mol. The predicted octanol–water partition coefficient (Wildman–Crippen LogP) is 4.00. The van der Waals surface area contributed by atoms with Crippen molar-refractivity contribution in [3.8, 4) is 11.5 Å². The van der Waals surface area contributed by atoms with Crippen molar-refractivity contribution in [3.63, 3.8) is 0 Å². The first kappa shape index (κ1) is 28.3. The van der Waals surface area contributed by atoms with Crippen molar-refractivity contribution in [2.45, 2.75) is 46.3 Å². The molecule has 0 aliphatic carbocycles. The lowest BCUT2D eigenvalue weighted by atomic mass is 9.95. The van der Waals surface area contributed by atoms with Crippen LogP contribution in [0.15, 0.2) is 69.6 Å². The third-order valence-corrected chi connectivity index (χ3v) is 6.99. The number of aromatic nitrogens is 1. The molecule has 2 heterocycles. The molecule has 0 amide bonds. The molecule has 1 aromatic heterocycles. The summed E-state index contributed by atoms with van der Waals surface area (Å²) in [5.41, 5.74) is 1.99. The van der Waals surface area contributed by atoms with Gasteiger partial charge >= 0.3 is 5.97 Å². The first-order valence-electron chi connectivity index (χ1n) is 13.0. The van der Waals surface area contributed by atoms with Crippen LogP contribution in [0, 0.1) is 0 Å². The Morgan fingerprint density at radius 2 is 1.79 bits per heavy atom. The average Bonchev–Trinajstić information content (AvgIpc) is 3.21. The van der Waals surface area contributed by atoms with E-state index in [0.29, 0.717) is 38.7 Å². The van der Waals surface area contributed by atoms with Crippen LogP contribution < -0.4 is 24.4 Å². The molecule has 4 rings (SSSR count). The first-order chi connectivity index (χ1) is 18.8. The van der Waals surface area contributed by atoms with Gasteiger partial charge in [0.1, 0.15) is 24.1 Å². The monoisotopic (exact) mass is 550 g/mol. The SMILES string of the molecule is CCCOc1ccccc1/C=c1/sc2n(c1=O)[C@H](c1ccccc1OC(C)C)C(C(=O)OCCOC)=C(C)N=2. The van der Waals surface area contributed by atoms with Gasteiger partial charge in [-0.2, -0.15) is 0 Å². The predicted molar refractivity (Wildman–Crippen MR) is 151 cm³/mol. The lowest BCUT2D eigenvalue weighted by Gasteiger charge is -2.27. The zero-order chi connectivity index (χ0) is 27.9. The number of ether oxygens (including phenoxy) is 4. The van der Waals surface area contributed by atoms with E-state index >= 15 is 0 Å². The van der Waals surface area contributed by atoms with E-state index in [1.807, 2.05) is 75.4 Å². The topological polar surface area (TPSA) is 88.4 Å². The summed E-state index contributed by atoms with van der Waals surface area (Å²) >= 11 is 1.27. The van der Waals surface area contributed by atoms with Crippen molar-refractivity contribution in [1.82, 2.24) is 4.57 Å². The molecule has 0 bridgehead atoms. The van der Waals surface area contributed by atoms with E-state index in [2.05, 4.69) is 4.99 Å². The number of carbonyl (C=O) groups is 1. The molecule has 0 saturated heterocycles. The standard InChI is InChI=1S/C30H34N2O6S/c1-6-15-36-23-13-9-7-11-21(23)18-25-28(33)32-27(22-12-8-10-14-24(22)38-19(2)3)26(20(4)31-30(32)39-25)29(34)37-17-16-35-5/h7-14,18-19,27H,6,15-17H2,1-5H3/b25-18+/t27-/m1/s1. The number of fused-ring (bicyclic) bond motifs is 1. The maximum Gasteiger partial charge on any atom is 0.338 e. The minimum atomic E-state index is -0.778. The second-order valence-corrected chi connectivity index (χ2v) is 10.3. The number of hydrogen-bond donors (Lipinski definition) is 0. The Morgan fingerprint density at radius 1 is 1.08 bits per heavy atom. The van der Waals surface area contributed by atoms with Crippen LogP contribution in [-0.2, 0) is 14.3 Å². The highest BCUT2D eigenvalue weighted by molar-refractivity contribution is 7.07. The Bertz CT molecular complexity index is 1540. The number of allylic oxidation sites excluding steroid dienone is 1. The molecule has 9 heteroatoms. The number of benzene rings is 2. The highest BCUT2D eigenvalue weighted by Crippen LogP contribution is 2.36. The number of thiazole rings is 1. The van der Waals surface area contributed by atoms with Gasteiger partial charge in [-0.25, -0.2) is 9.79 Å². The maximum absolute atomic E-state index is 14.0. The number of hydrogen-bond acceptors (Lipinski definition) is 8. The van der Waals surface area contributed by atoms with Crippen molar-refractivity contribution in [3.05, 3.63) is 90.6 Å². The molecule has 1 aliphatic heterocycles. The third-order valence-electron chi connectivity index (χ3n) is 6.01. The van der Waals surface area contributed by atoms with Gasteiger partial charge < -0.3 is 18.9 Å². The largest absolute Gasteiger partial charge is 0.493 e. The Labute approximate surface area is 231 Å². The molecule has 3 aromatic rings. The molecular weight excluding hydrogens is 516 g/mol. The number of rotatable bonds is 11. The molecule has 206 valence electrons. The lowest BCUT2D eigenvalue weighted by Crippen LogP contribution is -2.40. The summed E-state index contributed by atoms with van der Waals surface area (Å²) in [6.07, 6.45) is 2.58. The second kappa shape index (κ2) is 12.9. The van der Waals surface area contributed by atoms with Crippen LogP contribution in [0.3, 0.4) is 0 Å². The summed E-state index contributed by atoms with van der Waals surface area (Å²) in [5.74, 6) is 0.739. The van der Waals surface area contributed by atoms with Crippen molar-refractivity contribution >= 4 is 23.4 Å². The highest BCUT2D eigenvalue weighted by atomic mass is 32.1. The molecule has 39 heavy (non-hydrogen) atoms. The Hall–Kier alpha value is -3.69. The fourth-order valence-electron chi connectivity index (χ4n) is 4.32. The molecule has 2 aromatic carbocycles. The van der Waals surface area contributed by atoms with Crippen molar-refractivity contribution in [2.75, 3.05) is 26.9 Å². The van der Waals surface area contributed by atoms with Gasteiger partial charge in [-0.05, 0) is 45.4 Å². The van der Waals surface area contributed by atoms with E-state index in [-0.39, 0.29) is 30.5 Å². The Kier molecular flexibility index (Phi) is 9.37. The van der Waals surface area contributed by atoms with Crippen LogP contribution in [0.4, 0.5) is 0 Å². The molecule has 0 spiro atoms. The van der Waals surface area contributed by atoms with Crippen LogP contribution in [0.25, 0.3) is 6.08 Å². The van der Waals surface area contributed by atoms with Gasteiger partial charge in [-0.15, -0.1) is 0 Å². The van der Waals surface area contributed by atoms with Gasteiger partial charge in [0, 0.05) is 18.2 Å². The van der Waals surface area contributed by atoms with Gasteiger partial charge in [0.15, 0.2) is 4.80 Å². The van der Waals surface area contributed by atoms with Gasteiger partial charge in [-0.1, -0.05) is 54.7 Å². The van der Waals surface area contributed by atoms with E-state index < -0.39 is 12.0 Å². The number of para-hydroxylation sites is 2. The molecule has 8 nitrogen and oxygen atoms in total. The van der Waals surface area contributed by atoms with Gasteiger partial charge in [0.2, 0.25) is 0 Å². The fraction of sp³-hybridized carbons (Fsp3) is 0.367. The van der Waals surface area contributed by atoms with E-state index in [0.717, 1.165) is 12.0 Å². The quantitative estimate of drug-likeness (QED) is 0.265. The molecule has 0 N–H and O–H groups in total. The van der Waals surface area contributed by atoms with Crippen molar-refractivity contribution in [1.29, 1.82) is 0 Å². The summed E-state index contributed by atoms with van der Waals surface area (Å²) < 4.78 is 24.6. The summed E-state index contributed by atoms with van der Waals surface area (Å²) in [4.78, 5) is 32.6. The van der Waals surface area contributed by atoms with Gasteiger partial charge in [0.05, 0.1) is 35.1 Å². The molecule has 1 atom stereocenters. The minimum Gasteiger partial charge on any atom is -0.493 e. The highest BCUT2D eigenvalue weighted by Gasteiger charge is 2.35. The van der Waals surface area contributed by atoms with E-state index in [1.54, 1.807) is 11.5 Å². The first-order valence-corrected chi connectivity index (χ1v) is 13.8. The Morgan fingerprint density at radius 3 is 2.51 bits per heavy atom. The number of methoxy groups -OCH3 is 1. The van der Waals surface area contributed by atoms with Crippen LogP contribution in [-0.4, -0.2) is 43.6 Å². The van der Waals surface area contributed by atoms with Crippen molar-refractivity contribution in [2.24, 2.45) is 4.99 Å². The normalized spacial score (nSPS) is 15.2. The zero-order valence-electron chi connectivity index (χ0n) is 22.9. The number of carbonyl (C=O) groups excluding carboxylic acids is 1. The molecule has 0 saturated carbocycles. The minimum absolute atomic E-state index is 0.0853. The van der Waals surface area contributed by atoms with Gasteiger partial charge in [-0.3, -0.25) is 9.36 Å². The van der Waals surface area contributed by atoms with E-state index in [9.17, 15) is 9.59 Å². The zero-order valence-corrected chi connectivity index (χ0v) is 23.7. The lowest BCUT2D eigenvalue weighted by molar-refractivity contribution is -0.140. The number of esters is 1. The Balaban J connectivity index is 1.91. The molecule has 1 aliphatic rings. The summed E-state index contributed by atoms with van der Waals surface area (Å²) in [6, 6.07) is 14.3. The second-order valence-electron chi connectivity index (χ2n) is 9.30. The van der Waals surface area contributed by atoms with E-state index in [4.69, 9.17) is 18.9 Å². The van der Waals surface area contributed by atoms with Crippen LogP contribution in [0.1, 0.15) is 51.3 Å². The summed E-state index contributed by atoms with van der Waals surface area (Å²) in [7, 11) is 1.54. The van der Waals surface area contributed by atoms with Crippen LogP contribution in [0.2, 0.25) is 0 Å². The third kappa shape index (κ3) is 6.32. The fourth-order valence-corrected chi connectivity index (χ4v) is 5.36. The smallest absolute Gasteiger partial charge is 0.338 e. The molecular formula is C30H34N2O6S. The van der Waals surface area contributed by atoms with Crippen LogP contribution >= 0.6 is 11.3 Å². The molecule has 0 unspecified atom stereocenters. The summed E-state index contributed by atoms with van der Waals surface area (Å²) in [6.45, 7) is 8.59. The van der Waals surface area contributed by atoms with Crippen molar-refractivity contribution < 1.29 is 23.7 Å². The van der Waals surface area contributed by atoms with E-state index in [1.165, 1.54) is 18.4 Å².